The van der Waals surface area contributed by atoms with E-state index in [1.54, 1.807) is 30.3 Å². The molecule has 0 aliphatic carbocycles. The second kappa shape index (κ2) is 7.13. The summed E-state index contributed by atoms with van der Waals surface area (Å²) in [5.41, 5.74) is -0.0377. The topological polar surface area (TPSA) is 40.9 Å². The average Bonchev–Trinajstić information content (AvgIpc) is 2.49. The van der Waals surface area contributed by atoms with Crippen LogP contribution in [0.1, 0.15) is 22.6 Å². The first-order chi connectivity index (χ1) is 10.8. The summed E-state index contributed by atoms with van der Waals surface area (Å²) in [5, 5.41) is 9.29. The van der Waals surface area contributed by atoms with E-state index in [0.717, 1.165) is 17.7 Å². The van der Waals surface area contributed by atoms with Gasteiger partial charge in [-0.3, -0.25) is 4.79 Å². The molecule has 0 N–H and O–H groups in total. The Morgan fingerprint density at radius 3 is 2.39 bits per heavy atom. The van der Waals surface area contributed by atoms with Gasteiger partial charge < -0.3 is 0 Å². The van der Waals surface area contributed by atoms with Gasteiger partial charge >= 0.3 is 6.18 Å². The molecule has 2 rings (SSSR count). The van der Waals surface area contributed by atoms with Gasteiger partial charge in [-0.1, -0.05) is 30.3 Å². The van der Waals surface area contributed by atoms with Gasteiger partial charge in [-0.15, -0.1) is 0 Å². The van der Waals surface area contributed by atoms with Crippen molar-refractivity contribution in [2.24, 2.45) is 0 Å². The van der Waals surface area contributed by atoms with E-state index in [2.05, 4.69) is 0 Å². The van der Waals surface area contributed by atoms with E-state index in [-0.39, 0.29) is 12.0 Å². The Morgan fingerprint density at radius 2 is 1.83 bits per heavy atom. The van der Waals surface area contributed by atoms with Gasteiger partial charge in [0.25, 0.3) is 0 Å². The van der Waals surface area contributed by atoms with Crippen LogP contribution < -0.4 is 0 Å². The third-order valence-electron chi connectivity index (χ3n) is 3.31. The highest BCUT2D eigenvalue weighted by molar-refractivity contribution is 14.1. The normalized spacial score (nSPS) is 12.5. The quantitative estimate of drug-likeness (QED) is 0.660. The number of hydrogen-bond donors (Lipinski definition) is 0. The number of nitriles is 1. The van der Waals surface area contributed by atoms with E-state index < -0.39 is 23.4 Å². The predicted molar refractivity (Wildman–Crippen MR) is 87.7 cm³/mol. The van der Waals surface area contributed by atoms with Crippen molar-refractivity contribution in [3.63, 3.8) is 0 Å². The molecular formula is C17H11F3INO. The second-order valence-corrected chi connectivity index (χ2v) is 6.09. The third-order valence-corrected chi connectivity index (χ3v) is 4.29. The van der Waals surface area contributed by atoms with E-state index in [4.69, 9.17) is 0 Å². The Kier molecular flexibility index (Phi) is 5.42. The lowest BCUT2D eigenvalue weighted by Gasteiger charge is -2.14. The first kappa shape index (κ1) is 17.5. The van der Waals surface area contributed by atoms with Crippen LogP contribution >= 0.6 is 22.6 Å². The number of Topliss-reactive ketones (excluding diaryl/α,β-unsaturated/α-hetero) is 1. The van der Waals surface area contributed by atoms with Crippen LogP contribution in [-0.4, -0.2) is 5.78 Å². The summed E-state index contributed by atoms with van der Waals surface area (Å²) in [6, 6.07) is 13.7. The van der Waals surface area contributed by atoms with Gasteiger partial charge in [0.1, 0.15) is 5.92 Å². The number of ketones is 1. The fourth-order valence-electron chi connectivity index (χ4n) is 2.16. The van der Waals surface area contributed by atoms with Crippen LogP contribution in [0.3, 0.4) is 0 Å². The molecule has 0 spiro atoms. The monoisotopic (exact) mass is 429 g/mol. The molecule has 2 aromatic rings. The van der Waals surface area contributed by atoms with Crippen molar-refractivity contribution >= 4 is 28.4 Å². The lowest BCUT2D eigenvalue weighted by molar-refractivity contribution is -0.137. The van der Waals surface area contributed by atoms with Crippen molar-refractivity contribution in [1.29, 1.82) is 5.26 Å². The largest absolute Gasteiger partial charge is 0.416 e. The minimum Gasteiger partial charge on any atom is -0.297 e. The van der Waals surface area contributed by atoms with Crippen molar-refractivity contribution in [2.45, 2.75) is 18.5 Å². The third kappa shape index (κ3) is 4.32. The molecule has 0 heterocycles. The van der Waals surface area contributed by atoms with Gasteiger partial charge in [-0.25, -0.2) is 0 Å². The Hall–Kier alpha value is -1.88. The van der Waals surface area contributed by atoms with Crippen molar-refractivity contribution < 1.29 is 18.0 Å². The molecule has 0 amide bonds. The number of hydrogen-bond acceptors (Lipinski definition) is 2. The van der Waals surface area contributed by atoms with Gasteiger partial charge in [-0.05, 0) is 51.9 Å². The highest BCUT2D eigenvalue weighted by atomic mass is 127. The Labute approximate surface area is 145 Å². The lowest BCUT2D eigenvalue weighted by Crippen LogP contribution is -2.16. The SMILES string of the molecule is N#CC(C(=O)Cc1ccccc1)c1cc(C(F)(F)F)ccc1I. The van der Waals surface area contributed by atoms with Crippen LogP contribution in [0.15, 0.2) is 48.5 Å². The average molecular weight is 429 g/mol. The predicted octanol–water partition coefficient (Wildman–Crippen LogP) is 4.73. The molecule has 0 saturated carbocycles. The fraction of sp³-hybridized carbons (Fsp3) is 0.176. The molecule has 1 atom stereocenters. The molecule has 0 fully saturated rings. The van der Waals surface area contributed by atoms with Gasteiger partial charge in [0.2, 0.25) is 0 Å². The van der Waals surface area contributed by atoms with Gasteiger partial charge in [0.05, 0.1) is 11.6 Å². The zero-order chi connectivity index (χ0) is 17.0. The lowest BCUT2D eigenvalue weighted by atomic mass is 9.91. The van der Waals surface area contributed by atoms with Crippen LogP contribution in [0.2, 0.25) is 0 Å². The first-order valence-electron chi connectivity index (χ1n) is 6.66. The molecular weight excluding hydrogens is 418 g/mol. The fourth-order valence-corrected chi connectivity index (χ4v) is 2.80. The van der Waals surface area contributed by atoms with Crippen LogP contribution in [0, 0.1) is 14.9 Å². The summed E-state index contributed by atoms with van der Waals surface area (Å²) in [4.78, 5) is 12.4. The number of rotatable bonds is 4. The summed E-state index contributed by atoms with van der Waals surface area (Å²) in [7, 11) is 0. The zero-order valence-corrected chi connectivity index (χ0v) is 13.9. The smallest absolute Gasteiger partial charge is 0.297 e. The summed E-state index contributed by atoms with van der Waals surface area (Å²) in [5.74, 6) is -1.64. The molecule has 0 saturated heterocycles. The Bertz CT molecular complexity index is 751. The minimum atomic E-state index is -4.51. The number of halogens is 4. The summed E-state index contributed by atoms with van der Waals surface area (Å²) in [6.07, 6.45) is -4.51. The van der Waals surface area contributed by atoms with Crippen LogP contribution in [0.5, 0.6) is 0 Å². The highest BCUT2D eigenvalue weighted by Gasteiger charge is 2.32. The van der Waals surface area contributed by atoms with Crippen LogP contribution in [-0.2, 0) is 17.4 Å². The Balaban J connectivity index is 2.34. The zero-order valence-electron chi connectivity index (χ0n) is 11.8. The van der Waals surface area contributed by atoms with Crippen molar-refractivity contribution in [3.8, 4) is 6.07 Å². The maximum Gasteiger partial charge on any atom is 0.416 e. The molecule has 2 nitrogen and oxygen atoms in total. The van der Waals surface area contributed by atoms with Crippen LogP contribution in [0.25, 0.3) is 0 Å². The molecule has 118 valence electrons. The number of carbonyl (C=O) groups excluding carboxylic acids is 1. The molecule has 23 heavy (non-hydrogen) atoms. The van der Waals surface area contributed by atoms with E-state index in [0.29, 0.717) is 3.57 Å². The molecule has 0 bridgehead atoms. The molecule has 1 unspecified atom stereocenters. The van der Waals surface area contributed by atoms with Gasteiger partial charge in [0, 0.05) is 9.99 Å². The maximum absolute atomic E-state index is 12.8. The molecule has 0 aliphatic rings. The van der Waals surface area contributed by atoms with Crippen molar-refractivity contribution in [1.82, 2.24) is 0 Å². The van der Waals surface area contributed by atoms with E-state index >= 15 is 0 Å². The standard InChI is InChI=1S/C17H11F3INO/c18-17(19,20)12-6-7-15(21)13(9-12)14(10-22)16(23)8-11-4-2-1-3-5-11/h1-7,9,14H,8H2. The molecule has 6 heteroatoms. The Morgan fingerprint density at radius 1 is 1.17 bits per heavy atom. The summed E-state index contributed by atoms with van der Waals surface area (Å²) < 4.78 is 39.0. The maximum atomic E-state index is 12.8. The highest BCUT2D eigenvalue weighted by Crippen LogP contribution is 2.33. The van der Waals surface area contributed by atoms with Crippen LogP contribution in [0.4, 0.5) is 13.2 Å². The molecule has 0 radical (unpaired) electrons. The number of nitrogens with zero attached hydrogens (tertiary/aromatic N) is 1. The summed E-state index contributed by atoms with van der Waals surface area (Å²) in [6.45, 7) is 0. The van der Waals surface area contributed by atoms with E-state index in [1.165, 1.54) is 6.07 Å². The molecule has 2 aromatic carbocycles. The van der Waals surface area contributed by atoms with Gasteiger partial charge in [0.15, 0.2) is 5.78 Å². The van der Waals surface area contributed by atoms with Crippen molar-refractivity contribution in [3.05, 3.63) is 68.8 Å². The number of alkyl halides is 3. The molecule has 0 aromatic heterocycles. The minimum absolute atomic E-state index is 0.00535. The van der Waals surface area contributed by atoms with E-state index in [9.17, 15) is 23.2 Å². The number of benzene rings is 2. The van der Waals surface area contributed by atoms with E-state index in [1.807, 2.05) is 28.7 Å². The summed E-state index contributed by atoms with van der Waals surface area (Å²) >= 11 is 1.84. The second-order valence-electron chi connectivity index (χ2n) is 4.92. The molecule has 0 aliphatic heterocycles. The van der Waals surface area contributed by atoms with Gasteiger partial charge in [-0.2, -0.15) is 18.4 Å². The first-order valence-corrected chi connectivity index (χ1v) is 7.73. The van der Waals surface area contributed by atoms with Crippen molar-refractivity contribution in [2.75, 3.05) is 0 Å². The number of carbonyl (C=O) groups is 1.